The van der Waals surface area contributed by atoms with Crippen LogP contribution in [0.4, 0.5) is 5.82 Å². The second kappa shape index (κ2) is 5.16. The van der Waals surface area contributed by atoms with Crippen LogP contribution in [-0.2, 0) is 0 Å². The molecule has 1 saturated carbocycles. The number of nitrogens with zero attached hydrogens (tertiary/aromatic N) is 2. The van der Waals surface area contributed by atoms with Crippen molar-refractivity contribution in [3.05, 3.63) is 18.3 Å². The molecule has 1 aliphatic rings. The third kappa shape index (κ3) is 2.44. The summed E-state index contributed by atoms with van der Waals surface area (Å²) in [7, 11) is 1.69. The van der Waals surface area contributed by atoms with E-state index in [4.69, 9.17) is 10.5 Å². The molecule has 2 N–H and O–H groups in total. The molecule has 0 bridgehead atoms. The minimum absolute atomic E-state index is 0.635. The quantitative estimate of drug-likeness (QED) is 0.789. The highest BCUT2D eigenvalue weighted by Crippen LogP contribution is 2.35. The van der Waals surface area contributed by atoms with Gasteiger partial charge in [-0.2, -0.15) is 0 Å². The van der Waals surface area contributed by atoms with Crippen LogP contribution >= 0.6 is 0 Å². The standard InChI is InChI=1S/C12H19N3O/c1-16-11-4-2-8-14-12(11)15(9-3-7-13)10-5-6-10/h2,4,8,10H,3,5-7,9,13H2,1H3. The molecule has 88 valence electrons. The number of hydrogen-bond acceptors (Lipinski definition) is 4. The van der Waals surface area contributed by atoms with Crippen LogP contribution in [0.15, 0.2) is 18.3 Å². The van der Waals surface area contributed by atoms with Crippen molar-refractivity contribution in [2.24, 2.45) is 5.73 Å². The Morgan fingerprint density at radius 3 is 3.00 bits per heavy atom. The molecule has 1 fully saturated rings. The van der Waals surface area contributed by atoms with E-state index in [1.54, 1.807) is 7.11 Å². The summed E-state index contributed by atoms with van der Waals surface area (Å²) in [6, 6.07) is 4.49. The van der Waals surface area contributed by atoms with E-state index in [-0.39, 0.29) is 0 Å². The maximum atomic E-state index is 5.57. The molecule has 16 heavy (non-hydrogen) atoms. The Bertz CT molecular complexity index is 339. The van der Waals surface area contributed by atoms with Gasteiger partial charge in [0.25, 0.3) is 0 Å². The van der Waals surface area contributed by atoms with Gasteiger partial charge in [0.05, 0.1) is 7.11 Å². The van der Waals surface area contributed by atoms with Crippen molar-refractivity contribution >= 4 is 5.82 Å². The Morgan fingerprint density at radius 2 is 2.38 bits per heavy atom. The largest absolute Gasteiger partial charge is 0.493 e. The average molecular weight is 221 g/mol. The highest BCUT2D eigenvalue weighted by molar-refractivity contribution is 5.53. The van der Waals surface area contributed by atoms with E-state index < -0.39 is 0 Å². The number of nitrogens with two attached hydrogens (primary N) is 1. The molecule has 0 saturated heterocycles. The molecule has 0 unspecified atom stereocenters. The van der Waals surface area contributed by atoms with Crippen molar-refractivity contribution in [2.75, 3.05) is 25.1 Å². The van der Waals surface area contributed by atoms with Gasteiger partial charge in [0.15, 0.2) is 11.6 Å². The zero-order valence-corrected chi connectivity index (χ0v) is 9.72. The van der Waals surface area contributed by atoms with Crippen molar-refractivity contribution in [1.29, 1.82) is 0 Å². The SMILES string of the molecule is COc1cccnc1N(CCCN)C1CC1. The van der Waals surface area contributed by atoms with E-state index in [1.807, 2.05) is 18.3 Å². The van der Waals surface area contributed by atoms with Crippen LogP contribution in [0.1, 0.15) is 19.3 Å². The first-order valence-corrected chi connectivity index (χ1v) is 5.82. The Morgan fingerprint density at radius 1 is 1.56 bits per heavy atom. The van der Waals surface area contributed by atoms with Crippen molar-refractivity contribution in [2.45, 2.75) is 25.3 Å². The van der Waals surface area contributed by atoms with E-state index >= 15 is 0 Å². The molecule has 0 aromatic carbocycles. The topological polar surface area (TPSA) is 51.4 Å². The summed E-state index contributed by atoms with van der Waals surface area (Å²) in [5.74, 6) is 1.81. The maximum absolute atomic E-state index is 5.57. The molecule has 0 atom stereocenters. The molecule has 0 aliphatic heterocycles. The Labute approximate surface area is 96.4 Å². The number of anilines is 1. The number of rotatable bonds is 6. The number of hydrogen-bond donors (Lipinski definition) is 1. The second-order valence-corrected chi connectivity index (χ2v) is 4.10. The van der Waals surface area contributed by atoms with Crippen molar-refractivity contribution in [3.8, 4) is 5.75 Å². The van der Waals surface area contributed by atoms with Gasteiger partial charge in [-0.1, -0.05) is 0 Å². The van der Waals surface area contributed by atoms with E-state index in [2.05, 4.69) is 9.88 Å². The van der Waals surface area contributed by atoms with Gasteiger partial charge < -0.3 is 15.4 Å². The van der Waals surface area contributed by atoms with Crippen LogP contribution in [0.2, 0.25) is 0 Å². The smallest absolute Gasteiger partial charge is 0.171 e. The summed E-state index contributed by atoms with van der Waals surface area (Å²) >= 11 is 0. The Hall–Kier alpha value is -1.29. The van der Waals surface area contributed by atoms with E-state index in [0.29, 0.717) is 6.04 Å². The van der Waals surface area contributed by atoms with Gasteiger partial charge in [0.1, 0.15) is 0 Å². The molecule has 1 heterocycles. The van der Waals surface area contributed by atoms with Gasteiger partial charge in [-0.05, 0) is 37.9 Å². The zero-order chi connectivity index (χ0) is 11.4. The highest BCUT2D eigenvalue weighted by atomic mass is 16.5. The third-order valence-corrected chi connectivity index (χ3v) is 2.83. The lowest BCUT2D eigenvalue weighted by molar-refractivity contribution is 0.412. The van der Waals surface area contributed by atoms with E-state index in [9.17, 15) is 0 Å². The molecule has 0 amide bonds. The maximum Gasteiger partial charge on any atom is 0.171 e. The van der Waals surface area contributed by atoms with Crippen LogP contribution in [0.5, 0.6) is 5.75 Å². The van der Waals surface area contributed by atoms with Crippen LogP contribution in [-0.4, -0.2) is 31.2 Å². The summed E-state index contributed by atoms with van der Waals surface area (Å²) in [6.07, 6.45) is 5.32. The van der Waals surface area contributed by atoms with Crippen LogP contribution < -0.4 is 15.4 Å². The molecular weight excluding hydrogens is 202 g/mol. The third-order valence-electron chi connectivity index (χ3n) is 2.83. The predicted octanol–water partition coefficient (Wildman–Crippen LogP) is 1.41. The summed E-state index contributed by atoms with van der Waals surface area (Å²) in [6.45, 7) is 1.69. The van der Waals surface area contributed by atoms with Crippen molar-refractivity contribution < 1.29 is 4.74 Å². The summed E-state index contributed by atoms with van der Waals surface area (Å²) < 4.78 is 5.35. The molecule has 1 aromatic rings. The molecular formula is C12H19N3O. The fourth-order valence-corrected chi connectivity index (χ4v) is 1.87. The molecule has 1 aliphatic carbocycles. The summed E-state index contributed by atoms with van der Waals surface area (Å²) in [5.41, 5.74) is 5.57. The molecule has 2 rings (SSSR count). The fraction of sp³-hybridized carbons (Fsp3) is 0.583. The first kappa shape index (κ1) is 11.2. The van der Waals surface area contributed by atoms with Crippen molar-refractivity contribution in [1.82, 2.24) is 4.98 Å². The van der Waals surface area contributed by atoms with Gasteiger partial charge in [-0.15, -0.1) is 0 Å². The lowest BCUT2D eigenvalue weighted by atomic mass is 10.3. The summed E-state index contributed by atoms with van der Waals surface area (Å²) in [5, 5.41) is 0. The molecule has 0 spiro atoms. The number of ether oxygens (including phenoxy) is 1. The average Bonchev–Trinajstić information content (AvgIpc) is 3.14. The van der Waals surface area contributed by atoms with Gasteiger partial charge in [0, 0.05) is 18.8 Å². The molecule has 4 heteroatoms. The number of aromatic nitrogens is 1. The van der Waals surface area contributed by atoms with Gasteiger partial charge in [0.2, 0.25) is 0 Å². The summed E-state index contributed by atoms with van der Waals surface area (Å²) in [4.78, 5) is 6.75. The number of methoxy groups -OCH3 is 1. The van der Waals surface area contributed by atoms with Gasteiger partial charge in [-0.3, -0.25) is 0 Å². The minimum atomic E-state index is 0.635. The fourth-order valence-electron chi connectivity index (χ4n) is 1.87. The first-order chi connectivity index (χ1) is 7.86. The van der Waals surface area contributed by atoms with Gasteiger partial charge in [-0.25, -0.2) is 4.98 Å². The Kier molecular flexibility index (Phi) is 3.62. The minimum Gasteiger partial charge on any atom is -0.493 e. The van der Waals surface area contributed by atoms with Gasteiger partial charge >= 0.3 is 0 Å². The lowest BCUT2D eigenvalue weighted by Crippen LogP contribution is -2.29. The highest BCUT2D eigenvalue weighted by Gasteiger charge is 2.31. The van der Waals surface area contributed by atoms with E-state index in [0.717, 1.165) is 31.1 Å². The number of pyridine rings is 1. The molecule has 1 aromatic heterocycles. The van der Waals surface area contributed by atoms with E-state index in [1.165, 1.54) is 12.8 Å². The first-order valence-electron chi connectivity index (χ1n) is 5.82. The second-order valence-electron chi connectivity index (χ2n) is 4.10. The Balaban J connectivity index is 2.16. The normalized spacial score (nSPS) is 14.9. The van der Waals surface area contributed by atoms with Crippen LogP contribution in [0.25, 0.3) is 0 Å². The lowest BCUT2D eigenvalue weighted by Gasteiger charge is -2.24. The predicted molar refractivity (Wildman–Crippen MR) is 64.8 cm³/mol. The van der Waals surface area contributed by atoms with Crippen LogP contribution in [0.3, 0.4) is 0 Å². The molecule has 4 nitrogen and oxygen atoms in total. The van der Waals surface area contributed by atoms with Crippen LogP contribution in [0, 0.1) is 0 Å². The zero-order valence-electron chi connectivity index (χ0n) is 9.72. The monoisotopic (exact) mass is 221 g/mol. The van der Waals surface area contributed by atoms with Crippen molar-refractivity contribution in [3.63, 3.8) is 0 Å². The molecule has 0 radical (unpaired) electrons.